The van der Waals surface area contributed by atoms with Crippen molar-refractivity contribution in [2.75, 3.05) is 19.6 Å². The Morgan fingerprint density at radius 2 is 1.72 bits per heavy atom. The molecule has 0 radical (unpaired) electrons. The highest BCUT2D eigenvalue weighted by Gasteiger charge is 2.30. The van der Waals surface area contributed by atoms with Gasteiger partial charge in [-0.3, -0.25) is 0 Å². The topological polar surface area (TPSA) is 23.5 Å². The highest BCUT2D eigenvalue weighted by atomic mass is 16.3. The first-order valence-corrected chi connectivity index (χ1v) is 7.87. The van der Waals surface area contributed by atoms with Crippen molar-refractivity contribution in [1.29, 1.82) is 0 Å². The standard InChI is InChI=1S/C16H31NO/c1-16(2,3)14-8-11-17(12-9-14)10-7-13-5-4-6-15(13)18/h13-15,18H,4-12H2,1-3H3. The van der Waals surface area contributed by atoms with E-state index in [0.29, 0.717) is 11.3 Å². The second kappa shape index (κ2) is 5.92. The van der Waals surface area contributed by atoms with Crippen LogP contribution < -0.4 is 0 Å². The molecule has 2 nitrogen and oxygen atoms in total. The summed E-state index contributed by atoms with van der Waals surface area (Å²) in [7, 11) is 0. The molecule has 0 aromatic heterocycles. The van der Waals surface area contributed by atoms with Gasteiger partial charge in [-0.25, -0.2) is 0 Å². The number of hydrogen-bond donors (Lipinski definition) is 1. The van der Waals surface area contributed by atoms with Crippen molar-refractivity contribution in [3.63, 3.8) is 0 Å². The van der Waals surface area contributed by atoms with E-state index >= 15 is 0 Å². The van der Waals surface area contributed by atoms with Crippen LogP contribution in [-0.2, 0) is 0 Å². The summed E-state index contributed by atoms with van der Waals surface area (Å²) in [4.78, 5) is 2.62. The van der Waals surface area contributed by atoms with Crippen LogP contribution in [0.25, 0.3) is 0 Å². The average Bonchev–Trinajstić information content (AvgIpc) is 2.72. The number of aliphatic hydroxyl groups is 1. The summed E-state index contributed by atoms with van der Waals surface area (Å²) in [5.74, 6) is 1.48. The lowest BCUT2D eigenvalue weighted by molar-refractivity contribution is 0.0900. The minimum absolute atomic E-state index is 0.00267. The van der Waals surface area contributed by atoms with Crippen LogP contribution in [0.1, 0.15) is 59.3 Å². The molecule has 0 aromatic rings. The van der Waals surface area contributed by atoms with E-state index in [2.05, 4.69) is 25.7 Å². The maximum atomic E-state index is 9.85. The molecular formula is C16H31NO. The van der Waals surface area contributed by atoms with Crippen molar-refractivity contribution in [2.45, 2.75) is 65.4 Å². The Morgan fingerprint density at radius 1 is 1.06 bits per heavy atom. The Bertz CT molecular complexity index is 250. The van der Waals surface area contributed by atoms with Gasteiger partial charge in [0.2, 0.25) is 0 Å². The highest BCUT2D eigenvalue weighted by molar-refractivity contribution is 4.82. The minimum atomic E-state index is -0.00267. The van der Waals surface area contributed by atoms with E-state index in [4.69, 9.17) is 0 Å². The minimum Gasteiger partial charge on any atom is -0.393 e. The van der Waals surface area contributed by atoms with Crippen LogP contribution in [-0.4, -0.2) is 35.7 Å². The summed E-state index contributed by atoms with van der Waals surface area (Å²) in [6.45, 7) is 10.9. The normalized spacial score (nSPS) is 32.0. The molecule has 1 saturated carbocycles. The maximum absolute atomic E-state index is 9.85. The zero-order valence-corrected chi connectivity index (χ0v) is 12.5. The number of likely N-dealkylation sites (tertiary alicyclic amines) is 1. The summed E-state index contributed by atoms with van der Waals surface area (Å²) in [6, 6.07) is 0. The molecular weight excluding hydrogens is 222 g/mol. The van der Waals surface area contributed by atoms with Gasteiger partial charge in [-0.15, -0.1) is 0 Å². The van der Waals surface area contributed by atoms with E-state index in [1.807, 2.05) is 0 Å². The Balaban J connectivity index is 1.67. The van der Waals surface area contributed by atoms with Gasteiger partial charge < -0.3 is 10.0 Å². The number of piperidine rings is 1. The lowest BCUT2D eigenvalue weighted by Gasteiger charge is -2.39. The zero-order valence-electron chi connectivity index (χ0n) is 12.5. The smallest absolute Gasteiger partial charge is 0.0568 e. The second-order valence-electron chi connectivity index (χ2n) is 7.53. The van der Waals surface area contributed by atoms with Crippen molar-refractivity contribution in [1.82, 2.24) is 4.90 Å². The molecule has 1 saturated heterocycles. The number of nitrogens with zero attached hydrogens (tertiary/aromatic N) is 1. The van der Waals surface area contributed by atoms with Crippen LogP contribution in [0, 0.1) is 17.3 Å². The molecule has 1 aliphatic heterocycles. The quantitative estimate of drug-likeness (QED) is 0.834. The predicted octanol–water partition coefficient (Wildman–Crippen LogP) is 3.30. The number of hydrogen-bond acceptors (Lipinski definition) is 2. The highest BCUT2D eigenvalue weighted by Crippen LogP contribution is 2.35. The lowest BCUT2D eigenvalue weighted by atomic mass is 9.75. The van der Waals surface area contributed by atoms with E-state index < -0.39 is 0 Å². The van der Waals surface area contributed by atoms with E-state index in [1.165, 1.54) is 51.7 Å². The monoisotopic (exact) mass is 253 g/mol. The molecule has 18 heavy (non-hydrogen) atoms. The number of aliphatic hydroxyl groups excluding tert-OH is 1. The fourth-order valence-corrected chi connectivity index (χ4v) is 3.72. The maximum Gasteiger partial charge on any atom is 0.0568 e. The van der Waals surface area contributed by atoms with Gasteiger partial charge in [0.15, 0.2) is 0 Å². The molecule has 2 rings (SSSR count). The van der Waals surface area contributed by atoms with Gasteiger partial charge in [-0.1, -0.05) is 27.2 Å². The Kier molecular flexibility index (Phi) is 4.71. The van der Waals surface area contributed by atoms with Gasteiger partial charge in [-0.2, -0.15) is 0 Å². The fraction of sp³-hybridized carbons (Fsp3) is 1.00. The Morgan fingerprint density at radius 3 is 2.22 bits per heavy atom. The first kappa shape index (κ1) is 14.3. The van der Waals surface area contributed by atoms with Gasteiger partial charge in [0.1, 0.15) is 0 Å². The van der Waals surface area contributed by atoms with Crippen LogP contribution in [0.2, 0.25) is 0 Å². The van der Waals surface area contributed by atoms with Crippen molar-refractivity contribution >= 4 is 0 Å². The average molecular weight is 253 g/mol. The largest absolute Gasteiger partial charge is 0.393 e. The molecule has 2 heteroatoms. The molecule has 1 N–H and O–H groups in total. The predicted molar refractivity (Wildman–Crippen MR) is 76.6 cm³/mol. The summed E-state index contributed by atoms with van der Waals surface area (Å²) in [5, 5.41) is 9.85. The molecule has 0 aromatic carbocycles. The fourth-order valence-electron chi connectivity index (χ4n) is 3.72. The summed E-state index contributed by atoms with van der Waals surface area (Å²) >= 11 is 0. The third kappa shape index (κ3) is 3.71. The van der Waals surface area contributed by atoms with Crippen molar-refractivity contribution in [3.05, 3.63) is 0 Å². The molecule has 0 bridgehead atoms. The second-order valence-corrected chi connectivity index (χ2v) is 7.53. The van der Waals surface area contributed by atoms with E-state index in [1.54, 1.807) is 0 Å². The van der Waals surface area contributed by atoms with Gasteiger partial charge in [0.05, 0.1) is 6.10 Å². The van der Waals surface area contributed by atoms with Gasteiger partial charge in [-0.05, 0) is 69.0 Å². The van der Waals surface area contributed by atoms with Crippen LogP contribution in [0.4, 0.5) is 0 Å². The summed E-state index contributed by atoms with van der Waals surface area (Å²) in [6.07, 6.45) is 7.44. The van der Waals surface area contributed by atoms with Gasteiger partial charge in [0.25, 0.3) is 0 Å². The summed E-state index contributed by atoms with van der Waals surface area (Å²) < 4.78 is 0. The van der Waals surface area contributed by atoms with Crippen LogP contribution in [0.3, 0.4) is 0 Å². The van der Waals surface area contributed by atoms with E-state index in [-0.39, 0.29) is 6.10 Å². The third-order valence-corrected chi connectivity index (χ3v) is 5.25. The molecule has 0 spiro atoms. The number of rotatable bonds is 3. The molecule has 2 aliphatic rings. The van der Waals surface area contributed by atoms with Crippen molar-refractivity contribution in [2.24, 2.45) is 17.3 Å². The van der Waals surface area contributed by atoms with Crippen LogP contribution >= 0.6 is 0 Å². The van der Waals surface area contributed by atoms with E-state index in [0.717, 1.165) is 12.3 Å². The van der Waals surface area contributed by atoms with Gasteiger partial charge in [0, 0.05) is 0 Å². The first-order chi connectivity index (χ1) is 8.47. The van der Waals surface area contributed by atoms with Crippen LogP contribution in [0.15, 0.2) is 0 Å². The molecule has 0 amide bonds. The third-order valence-electron chi connectivity index (χ3n) is 5.25. The van der Waals surface area contributed by atoms with Gasteiger partial charge >= 0.3 is 0 Å². The first-order valence-electron chi connectivity index (χ1n) is 7.87. The Labute approximate surface area is 113 Å². The molecule has 1 heterocycles. The molecule has 106 valence electrons. The molecule has 1 aliphatic carbocycles. The van der Waals surface area contributed by atoms with Crippen molar-refractivity contribution in [3.8, 4) is 0 Å². The molecule has 2 unspecified atom stereocenters. The van der Waals surface area contributed by atoms with Crippen LogP contribution in [0.5, 0.6) is 0 Å². The van der Waals surface area contributed by atoms with Crippen molar-refractivity contribution < 1.29 is 5.11 Å². The Hall–Kier alpha value is -0.0800. The zero-order chi connectivity index (χ0) is 13.2. The SMILES string of the molecule is CC(C)(C)C1CCN(CCC2CCCC2O)CC1. The summed E-state index contributed by atoms with van der Waals surface area (Å²) in [5.41, 5.74) is 0.480. The molecule has 2 atom stereocenters. The lowest BCUT2D eigenvalue weighted by Crippen LogP contribution is -2.39. The molecule has 2 fully saturated rings. The van der Waals surface area contributed by atoms with E-state index in [9.17, 15) is 5.11 Å².